The summed E-state index contributed by atoms with van der Waals surface area (Å²) in [6, 6.07) is 12.5. The van der Waals surface area contributed by atoms with E-state index in [9.17, 15) is 0 Å². The lowest BCUT2D eigenvalue weighted by Crippen LogP contribution is -1.93. The molecular formula is C16H20O. The maximum atomic E-state index is 6.02. The van der Waals surface area contributed by atoms with Gasteiger partial charge in [-0.2, -0.15) is 0 Å². The number of furan rings is 1. The summed E-state index contributed by atoms with van der Waals surface area (Å²) in [7, 11) is 0. The number of hydrogen-bond donors (Lipinski definition) is 0. The van der Waals surface area contributed by atoms with E-state index in [0.29, 0.717) is 11.8 Å². The Morgan fingerprint density at radius 3 is 2.00 bits per heavy atom. The highest BCUT2D eigenvalue weighted by Crippen LogP contribution is 2.33. The van der Waals surface area contributed by atoms with Gasteiger partial charge in [-0.25, -0.2) is 0 Å². The van der Waals surface area contributed by atoms with Crippen molar-refractivity contribution in [2.75, 3.05) is 0 Å². The first-order valence-corrected chi connectivity index (χ1v) is 6.28. The number of hydrogen-bond acceptors (Lipinski definition) is 1. The fraction of sp³-hybridized carbons (Fsp3) is 0.375. The van der Waals surface area contributed by atoms with E-state index < -0.39 is 0 Å². The minimum atomic E-state index is 0.435. The molecule has 2 aromatic rings. The first kappa shape index (κ1) is 12.0. The second-order valence-electron chi connectivity index (χ2n) is 5.11. The summed E-state index contributed by atoms with van der Waals surface area (Å²) in [6.07, 6.45) is 0. The van der Waals surface area contributed by atoms with Crippen LogP contribution in [0.4, 0.5) is 0 Å². The molecule has 1 aromatic carbocycles. The molecule has 0 aliphatic rings. The van der Waals surface area contributed by atoms with Gasteiger partial charge >= 0.3 is 0 Å². The maximum Gasteiger partial charge on any atom is 0.134 e. The summed E-state index contributed by atoms with van der Waals surface area (Å²) in [5, 5.41) is 0. The lowest BCUT2D eigenvalue weighted by Gasteiger charge is -2.07. The molecule has 0 N–H and O–H groups in total. The average Bonchev–Trinajstić information content (AvgIpc) is 2.75. The van der Waals surface area contributed by atoms with E-state index in [1.165, 1.54) is 5.56 Å². The van der Waals surface area contributed by atoms with Gasteiger partial charge < -0.3 is 4.42 Å². The summed E-state index contributed by atoms with van der Waals surface area (Å²) in [5.74, 6) is 3.05. The van der Waals surface area contributed by atoms with E-state index in [1.807, 2.05) is 18.2 Å². The van der Waals surface area contributed by atoms with Crippen LogP contribution in [-0.2, 0) is 0 Å². The van der Waals surface area contributed by atoms with Gasteiger partial charge in [0, 0.05) is 11.5 Å². The van der Waals surface area contributed by atoms with E-state index in [0.717, 1.165) is 17.1 Å². The van der Waals surface area contributed by atoms with E-state index in [-0.39, 0.29) is 0 Å². The Hall–Kier alpha value is -1.50. The lowest BCUT2D eigenvalue weighted by molar-refractivity contribution is 0.490. The zero-order chi connectivity index (χ0) is 12.4. The first-order valence-electron chi connectivity index (χ1n) is 6.28. The molecule has 0 bridgehead atoms. The smallest absolute Gasteiger partial charge is 0.134 e. The van der Waals surface area contributed by atoms with Crippen molar-refractivity contribution in [2.45, 2.75) is 39.5 Å². The van der Waals surface area contributed by atoms with Gasteiger partial charge in [0.2, 0.25) is 0 Å². The van der Waals surface area contributed by atoms with Gasteiger partial charge in [-0.1, -0.05) is 58.0 Å². The van der Waals surface area contributed by atoms with E-state index >= 15 is 0 Å². The maximum absolute atomic E-state index is 6.02. The molecule has 0 saturated carbocycles. The van der Waals surface area contributed by atoms with Gasteiger partial charge in [-0.3, -0.25) is 0 Å². The molecule has 0 amide bonds. The molecule has 0 saturated heterocycles. The topological polar surface area (TPSA) is 13.1 Å². The molecular weight excluding hydrogens is 208 g/mol. The molecule has 2 rings (SSSR count). The van der Waals surface area contributed by atoms with Crippen molar-refractivity contribution >= 4 is 0 Å². The van der Waals surface area contributed by atoms with Crippen LogP contribution in [0.15, 0.2) is 40.8 Å². The van der Waals surface area contributed by atoms with Gasteiger partial charge in [-0.05, 0) is 17.5 Å². The SMILES string of the molecule is CC(C)c1cc(-c2ccccc2)oc1C(C)C. The van der Waals surface area contributed by atoms with E-state index in [1.54, 1.807) is 0 Å². The normalized spacial score (nSPS) is 11.4. The van der Waals surface area contributed by atoms with Crippen molar-refractivity contribution in [3.8, 4) is 11.3 Å². The third kappa shape index (κ3) is 2.44. The molecule has 0 aliphatic carbocycles. The van der Waals surface area contributed by atoms with Crippen LogP contribution in [0.1, 0.15) is 50.9 Å². The molecule has 90 valence electrons. The van der Waals surface area contributed by atoms with Gasteiger partial charge in [0.05, 0.1) is 0 Å². The van der Waals surface area contributed by atoms with Crippen LogP contribution < -0.4 is 0 Å². The summed E-state index contributed by atoms with van der Waals surface area (Å²) in [5.41, 5.74) is 2.49. The molecule has 0 atom stereocenters. The highest BCUT2D eigenvalue weighted by Gasteiger charge is 2.17. The number of rotatable bonds is 3. The minimum absolute atomic E-state index is 0.435. The second kappa shape index (κ2) is 4.79. The number of benzene rings is 1. The Balaban J connectivity index is 2.48. The van der Waals surface area contributed by atoms with E-state index in [2.05, 4.69) is 45.9 Å². The highest BCUT2D eigenvalue weighted by molar-refractivity contribution is 5.59. The molecule has 0 unspecified atom stereocenters. The first-order chi connectivity index (χ1) is 8.09. The van der Waals surface area contributed by atoms with Crippen molar-refractivity contribution < 1.29 is 4.42 Å². The third-order valence-electron chi connectivity index (χ3n) is 3.00. The Morgan fingerprint density at radius 2 is 1.53 bits per heavy atom. The van der Waals surface area contributed by atoms with Crippen LogP contribution in [-0.4, -0.2) is 0 Å². The molecule has 1 nitrogen and oxygen atoms in total. The van der Waals surface area contributed by atoms with E-state index in [4.69, 9.17) is 4.42 Å². The van der Waals surface area contributed by atoms with Crippen molar-refractivity contribution in [2.24, 2.45) is 0 Å². The van der Waals surface area contributed by atoms with Crippen LogP contribution in [0.25, 0.3) is 11.3 Å². The summed E-state index contributed by atoms with van der Waals surface area (Å²) < 4.78 is 6.02. The lowest BCUT2D eigenvalue weighted by atomic mass is 9.98. The zero-order valence-electron chi connectivity index (χ0n) is 11.0. The standard InChI is InChI=1S/C16H20O/c1-11(2)14-10-15(17-16(14)12(3)4)13-8-6-5-7-9-13/h5-12H,1-4H3. The third-order valence-corrected chi connectivity index (χ3v) is 3.00. The molecule has 0 aliphatic heterocycles. The Labute approximate surface area is 103 Å². The molecule has 1 heterocycles. The van der Waals surface area contributed by atoms with Crippen LogP contribution in [0.3, 0.4) is 0 Å². The van der Waals surface area contributed by atoms with Crippen LogP contribution in [0.5, 0.6) is 0 Å². The average molecular weight is 228 g/mol. The van der Waals surface area contributed by atoms with Crippen molar-refractivity contribution in [1.82, 2.24) is 0 Å². The molecule has 1 heteroatoms. The fourth-order valence-corrected chi connectivity index (χ4v) is 2.07. The minimum Gasteiger partial charge on any atom is -0.461 e. The predicted octanol–water partition coefficient (Wildman–Crippen LogP) is 5.19. The zero-order valence-corrected chi connectivity index (χ0v) is 11.0. The summed E-state index contributed by atoms with van der Waals surface area (Å²) in [6.45, 7) is 8.79. The Bertz CT molecular complexity index is 452. The molecule has 0 fully saturated rings. The van der Waals surface area contributed by atoms with Crippen LogP contribution >= 0.6 is 0 Å². The van der Waals surface area contributed by atoms with Gasteiger partial charge in [0.15, 0.2) is 0 Å². The second-order valence-corrected chi connectivity index (χ2v) is 5.11. The van der Waals surface area contributed by atoms with Crippen molar-refractivity contribution in [3.63, 3.8) is 0 Å². The Morgan fingerprint density at radius 1 is 0.882 bits per heavy atom. The molecule has 17 heavy (non-hydrogen) atoms. The monoisotopic (exact) mass is 228 g/mol. The summed E-state index contributed by atoms with van der Waals surface area (Å²) in [4.78, 5) is 0. The highest BCUT2D eigenvalue weighted by atomic mass is 16.3. The molecule has 0 spiro atoms. The summed E-state index contributed by atoms with van der Waals surface area (Å²) >= 11 is 0. The molecule has 1 aromatic heterocycles. The van der Waals surface area contributed by atoms with Crippen LogP contribution in [0.2, 0.25) is 0 Å². The quantitative estimate of drug-likeness (QED) is 0.704. The predicted molar refractivity (Wildman–Crippen MR) is 72.3 cm³/mol. The molecule has 0 radical (unpaired) electrons. The van der Waals surface area contributed by atoms with Gasteiger partial charge in [0.25, 0.3) is 0 Å². The van der Waals surface area contributed by atoms with Crippen molar-refractivity contribution in [1.29, 1.82) is 0 Å². The van der Waals surface area contributed by atoms with Gasteiger partial charge in [0.1, 0.15) is 11.5 Å². The van der Waals surface area contributed by atoms with Crippen LogP contribution in [0, 0.1) is 0 Å². The van der Waals surface area contributed by atoms with Gasteiger partial charge in [-0.15, -0.1) is 0 Å². The largest absolute Gasteiger partial charge is 0.461 e. The fourth-order valence-electron chi connectivity index (χ4n) is 2.07. The van der Waals surface area contributed by atoms with Crippen molar-refractivity contribution in [3.05, 3.63) is 47.7 Å². The Kier molecular flexibility index (Phi) is 3.37.